The molecule has 2 N–H and O–H groups in total. The van der Waals surface area contributed by atoms with E-state index in [1.54, 1.807) is 0 Å². The predicted molar refractivity (Wildman–Crippen MR) is 72.4 cm³/mol. The Hall–Kier alpha value is -1.84. The highest BCUT2D eigenvalue weighted by atomic mass is 16.2. The lowest BCUT2D eigenvalue weighted by Crippen LogP contribution is -2.24. The van der Waals surface area contributed by atoms with Crippen molar-refractivity contribution in [2.24, 2.45) is 11.8 Å². The predicted octanol–water partition coefficient (Wildman–Crippen LogP) is 2.06. The van der Waals surface area contributed by atoms with Gasteiger partial charge in [0, 0.05) is 24.1 Å². The average Bonchev–Trinajstić information content (AvgIpc) is 3.30. The Labute approximate surface area is 112 Å². The van der Waals surface area contributed by atoms with E-state index in [9.17, 15) is 9.59 Å². The van der Waals surface area contributed by atoms with Crippen LogP contribution in [0, 0.1) is 11.8 Å². The van der Waals surface area contributed by atoms with Crippen LogP contribution in [0.4, 0.5) is 5.69 Å². The lowest BCUT2D eigenvalue weighted by atomic mass is 10.2. The van der Waals surface area contributed by atoms with Crippen LogP contribution in [0.3, 0.4) is 0 Å². The molecule has 2 amide bonds. The van der Waals surface area contributed by atoms with Crippen molar-refractivity contribution in [2.45, 2.75) is 32.2 Å². The number of benzene rings is 1. The fourth-order valence-corrected chi connectivity index (χ4v) is 1.97. The molecule has 2 fully saturated rings. The van der Waals surface area contributed by atoms with Gasteiger partial charge in [-0.1, -0.05) is 12.1 Å². The Balaban J connectivity index is 1.49. The number of hydrogen-bond acceptors (Lipinski definition) is 2. The van der Waals surface area contributed by atoms with Gasteiger partial charge in [-0.05, 0) is 43.4 Å². The van der Waals surface area contributed by atoms with Crippen molar-refractivity contribution in [2.75, 3.05) is 5.32 Å². The number of anilines is 1. The SMILES string of the molecule is O=C(NCc1ccc(NC(=O)C2CC2)cc1)C1CC1. The third-order valence-corrected chi connectivity index (χ3v) is 3.58. The summed E-state index contributed by atoms with van der Waals surface area (Å²) < 4.78 is 0. The van der Waals surface area contributed by atoms with E-state index in [0.717, 1.165) is 36.9 Å². The summed E-state index contributed by atoms with van der Waals surface area (Å²) in [6.45, 7) is 0.562. The maximum atomic E-state index is 11.6. The van der Waals surface area contributed by atoms with Gasteiger partial charge in [-0.15, -0.1) is 0 Å². The van der Waals surface area contributed by atoms with E-state index in [4.69, 9.17) is 0 Å². The van der Waals surface area contributed by atoms with Crippen LogP contribution in [0.2, 0.25) is 0 Å². The van der Waals surface area contributed by atoms with E-state index >= 15 is 0 Å². The summed E-state index contributed by atoms with van der Waals surface area (Å²) >= 11 is 0. The molecule has 0 aliphatic heterocycles. The van der Waals surface area contributed by atoms with Gasteiger partial charge in [-0.3, -0.25) is 9.59 Å². The first-order chi connectivity index (χ1) is 9.22. The van der Waals surface area contributed by atoms with Crippen LogP contribution >= 0.6 is 0 Å². The molecule has 1 aromatic rings. The topological polar surface area (TPSA) is 58.2 Å². The Kier molecular flexibility index (Phi) is 3.23. The van der Waals surface area contributed by atoms with E-state index in [2.05, 4.69) is 10.6 Å². The van der Waals surface area contributed by atoms with Gasteiger partial charge in [0.25, 0.3) is 0 Å². The molecule has 3 rings (SSSR count). The van der Waals surface area contributed by atoms with Gasteiger partial charge in [-0.25, -0.2) is 0 Å². The zero-order chi connectivity index (χ0) is 13.2. The molecule has 2 saturated carbocycles. The van der Waals surface area contributed by atoms with Gasteiger partial charge in [0.1, 0.15) is 0 Å². The Morgan fingerprint density at radius 3 is 2.11 bits per heavy atom. The lowest BCUT2D eigenvalue weighted by molar-refractivity contribution is -0.122. The number of hydrogen-bond donors (Lipinski definition) is 2. The zero-order valence-electron chi connectivity index (χ0n) is 10.8. The molecule has 0 unspecified atom stereocenters. The van der Waals surface area contributed by atoms with E-state index in [1.165, 1.54) is 0 Å². The molecule has 0 radical (unpaired) electrons. The van der Waals surface area contributed by atoms with Crippen LogP contribution in [0.15, 0.2) is 24.3 Å². The van der Waals surface area contributed by atoms with Crippen LogP contribution in [-0.4, -0.2) is 11.8 Å². The molecule has 4 nitrogen and oxygen atoms in total. The summed E-state index contributed by atoms with van der Waals surface area (Å²) in [5.74, 6) is 0.746. The second-order valence-corrected chi connectivity index (χ2v) is 5.45. The molecule has 100 valence electrons. The van der Waals surface area contributed by atoms with Crippen LogP contribution in [0.1, 0.15) is 31.2 Å². The zero-order valence-corrected chi connectivity index (χ0v) is 10.8. The first-order valence-corrected chi connectivity index (χ1v) is 6.90. The average molecular weight is 258 g/mol. The molecule has 0 atom stereocenters. The molecule has 19 heavy (non-hydrogen) atoms. The molecular formula is C15H18N2O2. The third-order valence-electron chi connectivity index (χ3n) is 3.58. The van der Waals surface area contributed by atoms with Crippen molar-refractivity contribution in [3.63, 3.8) is 0 Å². The second kappa shape index (κ2) is 5.03. The fraction of sp³-hybridized carbons (Fsp3) is 0.467. The Morgan fingerprint density at radius 1 is 0.947 bits per heavy atom. The highest BCUT2D eigenvalue weighted by Crippen LogP contribution is 2.30. The summed E-state index contributed by atoms with van der Waals surface area (Å²) in [7, 11) is 0. The van der Waals surface area contributed by atoms with E-state index in [-0.39, 0.29) is 23.7 Å². The van der Waals surface area contributed by atoms with Gasteiger partial charge in [0.05, 0.1) is 0 Å². The Morgan fingerprint density at radius 2 is 1.53 bits per heavy atom. The summed E-state index contributed by atoms with van der Waals surface area (Å²) in [6.07, 6.45) is 4.07. The van der Waals surface area contributed by atoms with Gasteiger partial charge >= 0.3 is 0 Å². The minimum Gasteiger partial charge on any atom is -0.352 e. The van der Waals surface area contributed by atoms with Crippen molar-refractivity contribution in [3.8, 4) is 0 Å². The molecule has 0 aromatic heterocycles. The maximum Gasteiger partial charge on any atom is 0.227 e. The summed E-state index contributed by atoms with van der Waals surface area (Å²) in [6, 6.07) is 7.66. The van der Waals surface area contributed by atoms with Crippen molar-refractivity contribution in [1.29, 1.82) is 0 Å². The molecule has 4 heteroatoms. The number of carbonyl (C=O) groups is 2. The second-order valence-electron chi connectivity index (χ2n) is 5.45. The molecule has 2 aliphatic rings. The largest absolute Gasteiger partial charge is 0.352 e. The number of amides is 2. The maximum absolute atomic E-state index is 11.6. The van der Waals surface area contributed by atoms with Crippen LogP contribution in [-0.2, 0) is 16.1 Å². The third kappa shape index (κ3) is 3.34. The monoisotopic (exact) mass is 258 g/mol. The van der Waals surface area contributed by atoms with Crippen molar-refractivity contribution >= 4 is 17.5 Å². The van der Waals surface area contributed by atoms with Gasteiger partial charge < -0.3 is 10.6 Å². The minimum atomic E-state index is 0.120. The fourth-order valence-electron chi connectivity index (χ4n) is 1.97. The first-order valence-electron chi connectivity index (χ1n) is 6.90. The normalized spacial score (nSPS) is 17.9. The Bertz CT molecular complexity index is 487. The van der Waals surface area contributed by atoms with Gasteiger partial charge in [-0.2, -0.15) is 0 Å². The molecular weight excluding hydrogens is 240 g/mol. The molecule has 0 spiro atoms. The highest BCUT2D eigenvalue weighted by Gasteiger charge is 2.30. The quantitative estimate of drug-likeness (QED) is 0.849. The van der Waals surface area contributed by atoms with Gasteiger partial charge in [0.2, 0.25) is 11.8 Å². The van der Waals surface area contributed by atoms with E-state index in [1.807, 2.05) is 24.3 Å². The minimum absolute atomic E-state index is 0.120. The molecule has 0 saturated heterocycles. The molecule has 0 bridgehead atoms. The number of rotatable bonds is 5. The van der Waals surface area contributed by atoms with Crippen molar-refractivity contribution < 1.29 is 9.59 Å². The summed E-state index contributed by atoms with van der Waals surface area (Å²) in [5, 5.41) is 5.82. The lowest BCUT2D eigenvalue weighted by Gasteiger charge is -2.07. The smallest absolute Gasteiger partial charge is 0.227 e. The van der Waals surface area contributed by atoms with Gasteiger partial charge in [0.15, 0.2) is 0 Å². The van der Waals surface area contributed by atoms with Crippen LogP contribution in [0.25, 0.3) is 0 Å². The van der Waals surface area contributed by atoms with Crippen molar-refractivity contribution in [3.05, 3.63) is 29.8 Å². The molecule has 2 aliphatic carbocycles. The standard InChI is InChI=1S/C15H18N2O2/c18-14(11-3-4-11)16-9-10-1-7-13(8-2-10)17-15(19)12-5-6-12/h1-2,7-8,11-12H,3-6,9H2,(H,16,18)(H,17,19). The summed E-state index contributed by atoms with van der Waals surface area (Å²) in [5.41, 5.74) is 1.88. The number of carbonyl (C=O) groups excluding carboxylic acids is 2. The van der Waals surface area contributed by atoms with E-state index in [0.29, 0.717) is 6.54 Å². The van der Waals surface area contributed by atoms with Crippen LogP contribution in [0.5, 0.6) is 0 Å². The molecule has 1 aromatic carbocycles. The highest BCUT2D eigenvalue weighted by molar-refractivity contribution is 5.94. The van der Waals surface area contributed by atoms with Crippen LogP contribution < -0.4 is 10.6 Å². The number of nitrogens with one attached hydrogen (secondary N) is 2. The summed E-state index contributed by atoms with van der Waals surface area (Å²) in [4.78, 5) is 23.1. The molecule has 0 heterocycles. The first kappa shape index (κ1) is 12.2. The van der Waals surface area contributed by atoms with Crippen molar-refractivity contribution in [1.82, 2.24) is 5.32 Å². The van der Waals surface area contributed by atoms with E-state index < -0.39 is 0 Å².